The van der Waals surface area contributed by atoms with Crippen molar-refractivity contribution in [1.29, 1.82) is 0 Å². The Labute approximate surface area is 230 Å². The predicted octanol–water partition coefficient (Wildman–Crippen LogP) is 5.90. The molecule has 2 saturated heterocycles. The molecule has 4 atom stereocenters. The third-order valence-electron chi connectivity index (χ3n) is 7.67. The second-order valence-corrected chi connectivity index (χ2v) is 10.8. The molecular weight excluding hydrogens is 544 g/mol. The first-order chi connectivity index (χ1) is 18.5. The molecule has 3 heterocycles. The number of halogens is 1. The van der Waals surface area contributed by atoms with Crippen molar-refractivity contribution < 1.29 is 19.1 Å². The molecule has 6 rings (SSSR count). The highest BCUT2D eigenvalue weighted by Gasteiger charge is 2.64. The smallest absolute Gasteiger partial charge is 0.240 e. The molecule has 6 nitrogen and oxygen atoms in total. The van der Waals surface area contributed by atoms with E-state index in [-0.39, 0.29) is 17.6 Å². The summed E-state index contributed by atoms with van der Waals surface area (Å²) in [6.07, 6.45) is 5.95. The fraction of sp³-hybridized carbons (Fsp3) is 0.258. The number of rotatable bonds is 7. The van der Waals surface area contributed by atoms with Gasteiger partial charge in [-0.1, -0.05) is 71.8 Å². The molecule has 2 fully saturated rings. The van der Waals surface area contributed by atoms with Gasteiger partial charge in [0.05, 0.1) is 30.2 Å². The first kappa shape index (κ1) is 24.6. The Morgan fingerprint density at radius 3 is 2.37 bits per heavy atom. The number of ketones is 1. The Morgan fingerprint density at radius 1 is 0.921 bits per heavy atom. The van der Waals surface area contributed by atoms with Crippen LogP contribution in [-0.2, 0) is 9.59 Å². The largest absolute Gasteiger partial charge is 0.494 e. The maximum Gasteiger partial charge on any atom is 0.240 e. The SMILES string of the molecule is CCCCOc1ccc(N2C(=O)[C@@H]3[C@H](C2=O)[C@H](C(=O)c2ccc(Br)cc2)N2c4ccccc4C=C[C@H]32)cc1. The van der Waals surface area contributed by atoms with E-state index in [4.69, 9.17) is 4.74 Å². The van der Waals surface area contributed by atoms with Crippen LogP contribution in [-0.4, -0.2) is 36.3 Å². The summed E-state index contributed by atoms with van der Waals surface area (Å²) in [5.41, 5.74) is 2.84. The summed E-state index contributed by atoms with van der Waals surface area (Å²) in [7, 11) is 0. The Hall–Kier alpha value is -3.71. The van der Waals surface area contributed by atoms with Gasteiger partial charge in [-0.2, -0.15) is 0 Å². The van der Waals surface area contributed by atoms with E-state index in [1.807, 2.05) is 53.5 Å². The average Bonchev–Trinajstić information content (AvgIpc) is 3.42. The highest BCUT2D eigenvalue weighted by molar-refractivity contribution is 9.10. The Kier molecular flexibility index (Phi) is 6.40. The van der Waals surface area contributed by atoms with Crippen molar-refractivity contribution >= 4 is 51.0 Å². The number of anilines is 2. The molecule has 3 aliphatic rings. The van der Waals surface area contributed by atoms with Gasteiger partial charge in [-0.05, 0) is 54.4 Å². The van der Waals surface area contributed by atoms with Gasteiger partial charge in [-0.15, -0.1) is 0 Å². The van der Waals surface area contributed by atoms with Crippen molar-refractivity contribution in [2.24, 2.45) is 11.8 Å². The third-order valence-corrected chi connectivity index (χ3v) is 8.20. The molecule has 3 aliphatic heterocycles. The van der Waals surface area contributed by atoms with Crippen molar-refractivity contribution in [3.63, 3.8) is 0 Å². The third kappa shape index (κ3) is 3.97. The van der Waals surface area contributed by atoms with Crippen molar-refractivity contribution in [2.45, 2.75) is 31.8 Å². The predicted molar refractivity (Wildman–Crippen MR) is 150 cm³/mol. The number of carbonyl (C=O) groups is 3. The lowest BCUT2D eigenvalue weighted by atomic mass is 9.86. The summed E-state index contributed by atoms with van der Waals surface area (Å²) in [5.74, 6) is -1.53. The van der Waals surface area contributed by atoms with E-state index in [1.54, 1.807) is 36.4 Å². The van der Waals surface area contributed by atoms with Crippen LogP contribution in [0.1, 0.15) is 35.7 Å². The first-order valence-electron chi connectivity index (χ1n) is 13.0. The number of nitrogens with zero attached hydrogens (tertiary/aromatic N) is 2. The minimum atomic E-state index is -0.796. The summed E-state index contributed by atoms with van der Waals surface area (Å²) in [6, 6.07) is 20.8. The van der Waals surface area contributed by atoms with Crippen LogP contribution in [0.5, 0.6) is 5.75 Å². The number of Topliss-reactive ketones (excluding diaryl/α,β-unsaturated/α-hetero) is 1. The lowest BCUT2D eigenvalue weighted by Crippen LogP contribution is -2.48. The van der Waals surface area contributed by atoms with E-state index >= 15 is 0 Å². The fourth-order valence-electron chi connectivity index (χ4n) is 5.88. The lowest BCUT2D eigenvalue weighted by Gasteiger charge is -2.36. The monoisotopic (exact) mass is 570 g/mol. The van der Waals surface area contributed by atoms with Crippen LogP contribution in [0.25, 0.3) is 6.08 Å². The van der Waals surface area contributed by atoms with Crippen LogP contribution in [0.2, 0.25) is 0 Å². The number of hydrogen-bond donors (Lipinski definition) is 0. The zero-order valence-corrected chi connectivity index (χ0v) is 22.5. The van der Waals surface area contributed by atoms with E-state index in [1.165, 1.54) is 4.90 Å². The normalized spacial score (nSPS) is 23.3. The first-order valence-corrected chi connectivity index (χ1v) is 13.7. The Morgan fingerprint density at radius 2 is 1.63 bits per heavy atom. The number of hydrogen-bond acceptors (Lipinski definition) is 5. The van der Waals surface area contributed by atoms with Crippen molar-refractivity contribution in [2.75, 3.05) is 16.4 Å². The van der Waals surface area contributed by atoms with E-state index in [0.717, 1.165) is 28.6 Å². The summed E-state index contributed by atoms with van der Waals surface area (Å²) >= 11 is 3.43. The minimum absolute atomic E-state index is 0.164. The highest BCUT2D eigenvalue weighted by Crippen LogP contribution is 2.49. The number of fused-ring (bicyclic) bond motifs is 5. The zero-order valence-electron chi connectivity index (χ0n) is 20.9. The number of para-hydroxylation sites is 1. The lowest BCUT2D eigenvalue weighted by molar-refractivity contribution is -0.122. The number of carbonyl (C=O) groups excluding carboxylic acids is 3. The molecule has 0 spiro atoms. The van der Waals surface area contributed by atoms with Crippen molar-refractivity contribution in [1.82, 2.24) is 0 Å². The second kappa shape index (κ2) is 9.87. The van der Waals surface area contributed by atoms with Gasteiger partial charge in [-0.3, -0.25) is 14.4 Å². The van der Waals surface area contributed by atoms with Crippen LogP contribution >= 0.6 is 15.9 Å². The molecule has 3 aromatic carbocycles. The molecule has 7 heteroatoms. The maximum absolute atomic E-state index is 14.1. The van der Waals surface area contributed by atoms with Crippen molar-refractivity contribution in [3.05, 3.63) is 94.5 Å². The zero-order chi connectivity index (χ0) is 26.4. The van der Waals surface area contributed by atoms with Crippen LogP contribution in [0.4, 0.5) is 11.4 Å². The average molecular weight is 571 g/mol. The topological polar surface area (TPSA) is 66.9 Å². The van der Waals surface area contributed by atoms with Gasteiger partial charge in [0.2, 0.25) is 11.8 Å². The van der Waals surface area contributed by atoms with Gasteiger partial charge in [0.25, 0.3) is 0 Å². The van der Waals surface area contributed by atoms with Crippen LogP contribution in [0.15, 0.2) is 83.3 Å². The number of imide groups is 1. The molecular formula is C31H27BrN2O4. The van der Waals surface area contributed by atoms with Crippen LogP contribution < -0.4 is 14.5 Å². The molecule has 2 amide bonds. The molecule has 3 aromatic rings. The molecule has 192 valence electrons. The molecule has 0 radical (unpaired) electrons. The quantitative estimate of drug-likeness (QED) is 0.201. The maximum atomic E-state index is 14.1. The van der Waals surface area contributed by atoms with Gasteiger partial charge >= 0.3 is 0 Å². The summed E-state index contributed by atoms with van der Waals surface area (Å²) in [4.78, 5) is 45.2. The standard InChI is InChI=1S/C31H27BrN2O4/c1-2-3-18-38-23-15-13-22(14-16-23)33-30(36)26-25-17-10-19-6-4-5-7-24(19)34(25)28(27(26)31(33)37)29(35)20-8-11-21(32)12-9-20/h4-17,25-28H,2-3,18H2,1H3/t25-,26+,27+,28-/m1/s1. The minimum Gasteiger partial charge on any atom is -0.494 e. The Bertz CT molecular complexity index is 1430. The van der Waals surface area contributed by atoms with Gasteiger partial charge in [0, 0.05) is 15.7 Å². The second-order valence-electron chi connectivity index (χ2n) is 9.89. The molecule has 0 aromatic heterocycles. The summed E-state index contributed by atoms with van der Waals surface area (Å²) in [5, 5.41) is 0. The molecule has 0 unspecified atom stereocenters. The molecule has 0 N–H and O–H groups in total. The van der Waals surface area contributed by atoms with Crippen LogP contribution in [0.3, 0.4) is 0 Å². The van der Waals surface area contributed by atoms with Gasteiger partial charge in [0.1, 0.15) is 11.8 Å². The fourth-order valence-corrected chi connectivity index (χ4v) is 6.14. The van der Waals surface area contributed by atoms with E-state index in [2.05, 4.69) is 22.9 Å². The number of amides is 2. The Balaban J connectivity index is 1.38. The highest BCUT2D eigenvalue weighted by atomic mass is 79.9. The number of benzene rings is 3. The molecule has 0 aliphatic carbocycles. The van der Waals surface area contributed by atoms with E-state index < -0.39 is 23.9 Å². The van der Waals surface area contributed by atoms with Crippen LogP contribution in [0, 0.1) is 11.8 Å². The summed E-state index contributed by atoms with van der Waals surface area (Å²) < 4.78 is 6.61. The van der Waals surface area contributed by atoms with Gasteiger partial charge < -0.3 is 9.64 Å². The summed E-state index contributed by atoms with van der Waals surface area (Å²) in [6.45, 7) is 2.72. The van der Waals surface area contributed by atoms with E-state index in [0.29, 0.717) is 23.6 Å². The molecule has 0 saturated carbocycles. The molecule has 0 bridgehead atoms. The van der Waals surface area contributed by atoms with E-state index in [9.17, 15) is 14.4 Å². The number of unbranched alkanes of at least 4 members (excludes halogenated alkanes) is 1. The number of ether oxygens (including phenoxy) is 1. The van der Waals surface area contributed by atoms with Gasteiger partial charge in [-0.25, -0.2) is 4.90 Å². The van der Waals surface area contributed by atoms with Crippen molar-refractivity contribution in [3.8, 4) is 5.75 Å². The van der Waals surface area contributed by atoms with Gasteiger partial charge in [0.15, 0.2) is 5.78 Å². The molecule has 38 heavy (non-hydrogen) atoms.